The van der Waals surface area contributed by atoms with Crippen LogP contribution in [0.25, 0.3) is 0 Å². The highest BCUT2D eigenvalue weighted by Crippen LogP contribution is 2.42. The molecule has 2 atom stereocenters. The van der Waals surface area contributed by atoms with Gasteiger partial charge < -0.3 is 0 Å². The molecule has 2 fully saturated rings. The van der Waals surface area contributed by atoms with E-state index < -0.39 is 0 Å². The molecule has 0 heteroatoms. The lowest BCUT2D eigenvalue weighted by Crippen LogP contribution is -1.93. The van der Waals surface area contributed by atoms with E-state index in [1.165, 1.54) is 19.3 Å². The minimum absolute atomic E-state index is 0.991. The van der Waals surface area contributed by atoms with Gasteiger partial charge in [0.25, 0.3) is 0 Å². The van der Waals surface area contributed by atoms with Crippen LogP contribution in [-0.4, -0.2) is 0 Å². The Labute approximate surface area is 44.9 Å². The fourth-order valence-electron chi connectivity index (χ4n) is 1.70. The van der Waals surface area contributed by atoms with Crippen LogP contribution in [0.1, 0.15) is 19.3 Å². The number of rotatable bonds is 0. The standard InChI is InChI=1S/C7H10/c1-2-7-4-3-6(1)5-7/h1,4,6-7H,2-3,5H2. The Balaban J connectivity index is 2.12. The fraction of sp³-hybridized carbons (Fsp3) is 0.714. The van der Waals surface area contributed by atoms with Crippen LogP contribution in [0, 0.1) is 24.7 Å². The summed E-state index contributed by atoms with van der Waals surface area (Å²) in [5.74, 6) is 1.98. The monoisotopic (exact) mass is 94.1 g/mol. The molecule has 2 bridgehead atoms. The van der Waals surface area contributed by atoms with Crippen molar-refractivity contribution in [2.45, 2.75) is 19.3 Å². The third-order valence-electron chi connectivity index (χ3n) is 2.15. The molecule has 0 aromatic carbocycles. The molecule has 0 amide bonds. The van der Waals surface area contributed by atoms with E-state index in [1.807, 2.05) is 0 Å². The lowest BCUT2D eigenvalue weighted by atomic mass is 10.0. The van der Waals surface area contributed by atoms with Crippen molar-refractivity contribution in [2.24, 2.45) is 11.8 Å². The minimum Gasteiger partial charge on any atom is -0.0470 e. The summed E-state index contributed by atoms with van der Waals surface area (Å²) in [6.07, 6.45) is 9.19. The van der Waals surface area contributed by atoms with E-state index in [2.05, 4.69) is 12.8 Å². The lowest BCUT2D eigenvalue weighted by Gasteiger charge is -2.04. The topological polar surface area (TPSA) is 0 Å². The predicted octanol–water partition coefficient (Wildman–Crippen LogP) is 1.82. The van der Waals surface area contributed by atoms with E-state index in [9.17, 15) is 0 Å². The van der Waals surface area contributed by atoms with Gasteiger partial charge in [-0.25, -0.2) is 0 Å². The molecule has 0 aliphatic heterocycles. The van der Waals surface area contributed by atoms with Gasteiger partial charge in [-0.1, -0.05) is 0 Å². The third kappa shape index (κ3) is 0.490. The van der Waals surface area contributed by atoms with E-state index in [-0.39, 0.29) is 0 Å². The molecular weight excluding hydrogens is 84.1 g/mol. The molecule has 0 aromatic heterocycles. The van der Waals surface area contributed by atoms with E-state index in [1.54, 1.807) is 0 Å². The summed E-state index contributed by atoms with van der Waals surface area (Å²) < 4.78 is 0. The second-order valence-electron chi connectivity index (χ2n) is 2.70. The van der Waals surface area contributed by atoms with Gasteiger partial charge in [-0.2, -0.15) is 0 Å². The lowest BCUT2D eigenvalue weighted by molar-refractivity contribution is 0.684. The molecule has 0 saturated heterocycles. The van der Waals surface area contributed by atoms with Crippen molar-refractivity contribution in [3.63, 3.8) is 0 Å². The highest BCUT2D eigenvalue weighted by atomic mass is 14.4. The Bertz CT molecular complexity index is 58.1. The number of fused-ring (bicyclic) bond motifs is 2. The van der Waals surface area contributed by atoms with Gasteiger partial charge in [-0.15, -0.1) is 0 Å². The van der Waals surface area contributed by atoms with Gasteiger partial charge >= 0.3 is 0 Å². The van der Waals surface area contributed by atoms with Crippen molar-refractivity contribution in [2.75, 3.05) is 0 Å². The van der Waals surface area contributed by atoms with Gasteiger partial charge in [0.15, 0.2) is 0 Å². The Morgan fingerprint density at radius 1 is 1.00 bits per heavy atom. The maximum atomic E-state index is 2.48. The molecule has 7 heavy (non-hydrogen) atoms. The molecule has 2 aliphatic carbocycles. The zero-order valence-corrected chi connectivity index (χ0v) is 4.43. The summed E-state index contributed by atoms with van der Waals surface area (Å²) in [7, 11) is 0. The van der Waals surface area contributed by atoms with E-state index >= 15 is 0 Å². The first-order chi connectivity index (χ1) is 3.45. The van der Waals surface area contributed by atoms with Gasteiger partial charge in [-0.05, 0) is 43.9 Å². The molecule has 2 aliphatic rings. The van der Waals surface area contributed by atoms with Crippen LogP contribution in [0.15, 0.2) is 0 Å². The molecule has 2 radical (unpaired) electrons. The van der Waals surface area contributed by atoms with Gasteiger partial charge in [0.2, 0.25) is 0 Å². The Kier molecular flexibility index (Phi) is 0.697. The van der Waals surface area contributed by atoms with Crippen molar-refractivity contribution < 1.29 is 0 Å². The first-order valence-corrected chi connectivity index (χ1v) is 3.12. The van der Waals surface area contributed by atoms with Crippen molar-refractivity contribution in [1.82, 2.24) is 0 Å². The summed E-state index contributed by atoms with van der Waals surface area (Å²) in [5, 5.41) is 0. The first-order valence-electron chi connectivity index (χ1n) is 3.12. The Hall–Kier alpha value is 0. The van der Waals surface area contributed by atoms with Crippen molar-refractivity contribution in [3.8, 4) is 0 Å². The quantitative estimate of drug-likeness (QED) is 0.429. The van der Waals surface area contributed by atoms with Gasteiger partial charge in [0, 0.05) is 0 Å². The normalized spacial score (nSPS) is 48.0. The summed E-state index contributed by atoms with van der Waals surface area (Å²) >= 11 is 0. The summed E-state index contributed by atoms with van der Waals surface area (Å²) in [4.78, 5) is 0. The summed E-state index contributed by atoms with van der Waals surface area (Å²) in [5.41, 5.74) is 0. The van der Waals surface area contributed by atoms with E-state index in [0.717, 1.165) is 11.8 Å². The van der Waals surface area contributed by atoms with Crippen LogP contribution < -0.4 is 0 Å². The van der Waals surface area contributed by atoms with Crippen LogP contribution in [0.2, 0.25) is 0 Å². The molecule has 0 N–H and O–H groups in total. The molecule has 38 valence electrons. The van der Waals surface area contributed by atoms with Gasteiger partial charge in [0.05, 0.1) is 0 Å². The average Bonchev–Trinajstić information content (AvgIpc) is 2.22. The Morgan fingerprint density at radius 3 is 1.71 bits per heavy atom. The molecule has 2 rings (SSSR count). The van der Waals surface area contributed by atoms with Crippen molar-refractivity contribution in [1.29, 1.82) is 0 Å². The maximum Gasteiger partial charge on any atom is -0.0352 e. The number of hydrogen-bond donors (Lipinski definition) is 0. The maximum absolute atomic E-state index is 2.48. The first kappa shape index (κ1) is 3.94. The highest BCUT2D eigenvalue weighted by molar-refractivity contribution is 5.03. The SMILES string of the molecule is [CH]1CC2[CH]CC1C2. The molecule has 0 nitrogen and oxygen atoms in total. The fourth-order valence-corrected chi connectivity index (χ4v) is 1.70. The largest absolute Gasteiger partial charge is 0.0470 e. The molecule has 0 aromatic rings. The zero-order valence-electron chi connectivity index (χ0n) is 4.43. The van der Waals surface area contributed by atoms with Crippen LogP contribution in [0.5, 0.6) is 0 Å². The van der Waals surface area contributed by atoms with Crippen LogP contribution in [-0.2, 0) is 0 Å². The number of hydrogen-bond acceptors (Lipinski definition) is 0. The van der Waals surface area contributed by atoms with Crippen LogP contribution in [0.4, 0.5) is 0 Å². The van der Waals surface area contributed by atoms with Crippen LogP contribution >= 0.6 is 0 Å². The highest BCUT2D eigenvalue weighted by Gasteiger charge is 2.31. The molecule has 2 saturated carbocycles. The summed E-state index contributed by atoms with van der Waals surface area (Å²) in [6, 6.07) is 0. The third-order valence-corrected chi connectivity index (χ3v) is 2.15. The molecule has 0 heterocycles. The smallest absolute Gasteiger partial charge is 0.0352 e. The molecule has 0 spiro atoms. The van der Waals surface area contributed by atoms with Crippen molar-refractivity contribution >= 4 is 0 Å². The molecule has 2 unspecified atom stereocenters. The van der Waals surface area contributed by atoms with Gasteiger partial charge in [-0.3, -0.25) is 0 Å². The second kappa shape index (κ2) is 1.24. The average molecular weight is 94.2 g/mol. The van der Waals surface area contributed by atoms with Crippen LogP contribution in [0.3, 0.4) is 0 Å². The van der Waals surface area contributed by atoms with Crippen molar-refractivity contribution in [3.05, 3.63) is 12.8 Å². The predicted molar refractivity (Wildman–Crippen MR) is 29.4 cm³/mol. The van der Waals surface area contributed by atoms with Gasteiger partial charge in [0.1, 0.15) is 0 Å². The zero-order chi connectivity index (χ0) is 4.69. The Morgan fingerprint density at radius 2 is 1.57 bits per heavy atom. The molecular formula is C7H10. The van der Waals surface area contributed by atoms with E-state index in [0.29, 0.717) is 0 Å². The van der Waals surface area contributed by atoms with E-state index in [4.69, 9.17) is 0 Å². The minimum atomic E-state index is 0.991. The summed E-state index contributed by atoms with van der Waals surface area (Å²) in [6.45, 7) is 0. The second-order valence-corrected chi connectivity index (χ2v) is 2.70.